The number of methoxy groups -OCH3 is 2. The average Bonchev–Trinajstić information content (AvgIpc) is 3.19. The zero-order chi connectivity index (χ0) is 22.7. The van der Waals surface area contributed by atoms with Gasteiger partial charge in [0.25, 0.3) is 5.91 Å². The number of carbonyl (C=O) groups is 2. The summed E-state index contributed by atoms with van der Waals surface area (Å²) in [5.74, 6) is 0.414. The van der Waals surface area contributed by atoms with Crippen LogP contribution in [0.2, 0.25) is 0 Å². The lowest BCUT2D eigenvalue weighted by molar-refractivity contribution is -0.115. The Bertz CT molecular complexity index is 1170. The van der Waals surface area contributed by atoms with Gasteiger partial charge in [0.05, 0.1) is 25.7 Å². The Labute approximate surface area is 189 Å². The van der Waals surface area contributed by atoms with Crippen LogP contribution in [0.5, 0.6) is 11.5 Å². The first-order valence-electron chi connectivity index (χ1n) is 9.83. The van der Waals surface area contributed by atoms with Crippen molar-refractivity contribution in [3.63, 3.8) is 0 Å². The lowest BCUT2D eigenvalue weighted by Gasteiger charge is -2.27. The Morgan fingerprint density at radius 1 is 1.06 bits per heavy atom. The van der Waals surface area contributed by atoms with Crippen molar-refractivity contribution in [2.75, 3.05) is 30.2 Å². The molecule has 3 aromatic rings. The van der Waals surface area contributed by atoms with Crippen molar-refractivity contribution in [1.29, 1.82) is 0 Å². The first-order valence-corrected chi connectivity index (χ1v) is 10.9. The summed E-state index contributed by atoms with van der Waals surface area (Å²) in [7, 11) is 3.10. The van der Waals surface area contributed by atoms with Crippen molar-refractivity contribution in [3.05, 3.63) is 83.7 Å². The van der Waals surface area contributed by atoms with Crippen LogP contribution in [-0.2, 0) is 4.79 Å². The quantitative estimate of drug-likeness (QED) is 0.578. The number of nitrogens with one attached hydrogen (secondary N) is 1. The van der Waals surface area contributed by atoms with Crippen LogP contribution in [0.4, 0.5) is 15.8 Å². The van der Waals surface area contributed by atoms with Gasteiger partial charge >= 0.3 is 0 Å². The van der Waals surface area contributed by atoms with Gasteiger partial charge in [-0.1, -0.05) is 24.3 Å². The van der Waals surface area contributed by atoms with Gasteiger partial charge in [-0.05, 0) is 36.4 Å². The van der Waals surface area contributed by atoms with E-state index in [-0.39, 0.29) is 22.6 Å². The molecule has 0 aliphatic carbocycles. The van der Waals surface area contributed by atoms with Gasteiger partial charge in [0.15, 0.2) is 0 Å². The molecule has 0 spiro atoms. The molecule has 0 radical (unpaired) electrons. The Hall–Kier alpha value is -3.52. The highest BCUT2D eigenvalue weighted by molar-refractivity contribution is 8.00. The average molecular weight is 453 g/mol. The minimum atomic E-state index is -0.486. The molecule has 4 rings (SSSR count). The van der Waals surface area contributed by atoms with Gasteiger partial charge in [-0.3, -0.25) is 14.5 Å². The number of ether oxygens (including phenoxy) is 2. The van der Waals surface area contributed by atoms with Crippen molar-refractivity contribution in [3.8, 4) is 11.5 Å². The molecule has 6 nitrogen and oxygen atoms in total. The van der Waals surface area contributed by atoms with Crippen LogP contribution in [0, 0.1) is 5.82 Å². The Kier molecular flexibility index (Phi) is 6.32. The molecule has 1 N–H and O–H groups in total. The SMILES string of the molecule is COc1ccc(N2C(=O)CS[C@H]2c2ccccc2NC(=O)c2cccc(F)c2)c(OC)c1. The fourth-order valence-electron chi connectivity index (χ4n) is 3.55. The second-order valence-electron chi connectivity index (χ2n) is 7.02. The maximum absolute atomic E-state index is 13.6. The first-order chi connectivity index (χ1) is 15.5. The Morgan fingerprint density at radius 2 is 1.88 bits per heavy atom. The van der Waals surface area contributed by atoms with E-state index in [1.807, 2.05) is 12.1 Å². The number of halogens is 1. The molecule has 2 amide bonds. The van der Waals surface area contributed by atoms with Crippen molar-refractivity contribution in [2.45, 2.75) is 5.37 Å². The molecule has 1 aliphatic rings. The zero-order valence-corrected chi connectivity index (χ0v) is 18.3. The van der Waals surface area contributed by atoms with Gasteiger partial charge in [-0.15, -0.1) is 11.8 Å². The summed E-state index contributed by atoms with van der Waals surface area (Å²) in [6.07, 6.45) is 0. The highest BCUT2D eigenvalue weighted by atomic mass is 32.2. The molecule has 32 heavy (non-hydrogen) atoms. The molecule has 1 aliphatic heterocycles. The largest absolute Gasteiger partial charge is 0.497 e. The normalized spacial score (nSPS) is 15.5. The minimum Gasteiger partial charge on any atom is -0.497 e. The van der Waals surface area contributed by atoms with Crippen LogP contribution in [0.3, 0.4) is 0 Å². The molecule has 164 valence electrons. The van der Waals surface area contributed by atoms with E-state index in [2.05, 4.69) is 5.32 Å². The molecule has 3 aromatic carbocycles. The van der Waals surface area contributed by atoms with Crippen molar-refractivity contribution in [2.24, 2.45) is 0 Å². The van der Waals surface area contributed by atoms with E-state index in [4.69, 9.17) is 9.47 Å². The van der Waals surface area contributed by atoms with Crippen LogP contribution in [-0.4, -0.2) is 31.8 Å². The van der Waals surface area contributed by atoms with Gasteiger partial charge < -0.3 is 14.8 Å². The molecule has 1 fully saturated rings. The summed E-state index contributed by atoms with van der Waals surface area (Å²) in [5.41, 5.74) is 2.13. The van der Waals surface area contributed by atoms with Gasteiger partial charge in [-0.25, -0.2) is 4.39 Å². The topological polar surface area (TPSA) is 67.9 Å². The van der Waals surface area contributed by atoms with Crippen LogP contribution in [0.25, 0.3) is 0 Å². The van der Waals surface area contributed by atoms with E-state index in [0.717, 1.165) is 5.56 Å². The van der Waals surface area contributed by atoms with Crippen LogP contribution >= 0.6 is 11.8 Å². The summed E-state index contributed by atoms with van der Waals surface area (Å²) >= 11 is 1.45. The molecule has 8 heteroatoms. The third-order valence-electron chi connectivity index (χ3n) is 5.08. The number of benzene rings is 3. The predicted octanol–water partition coefficient (Wildman–Crippen LogP) is 4.87. The number of carbonyl (C=O) groups excluding carboxylic acids is 2. The molecular weight excluding hydrogens is 431 g/mol. The van der Waals surface area contributed by atoms with Crippen LogP contribution in [0.15, 0.2) is 66.7 Å². The number of hydrogen-bond donors (Lipinski definition) is 1. The Morgan fingerprint density at radius 3 is 2.62 bits per heavy atom. The first kappa shape index (κ1) is 21.7. The third kappa shape index (κ3) is 4.27. The number of nitrogens with zero attached hydrogens (tertiary/aromatic N) is 1. The van der Waals surface area contributed by atoms with E-state index in [9.17, 15) is 14.0 Å². The standard InChI is InChI=1S/C24H21FN2O4S/c1-30-17-10-11-20(21(13-17)31-2)27-22(28)14-32-24(27)18-8-3-4-9-19(18)26-23(29)15-6-5-7-16(25)12-15/h3-13,24H,14H2,1-2H3,(H,26,29)/t24-/m0/s1. The smallest absolute Gasteiger partial charge is 0.255 e. The summed E-state index contributed by atoms with van der Waals surface area (Å²) in [6, 6.07) is 18.0. The maximum Gasteiger partial charge on any atom is 0.255 e. The van der Waals surface area contributed by atoms with Gasteiger partial charge in [0, 0.05) is 22.9 Å². The van der Waals surface area contributed by atoms with E-state index in [0.29, 0.717) is 22.9 Å². The molecule has 1 atom stereocenters. The third-order valence-corrected chi connectivity index (χ3v) is 6.27. The van der Waals surface area contributed by atoms with Crippen LogP contribution in [0.1, 0.15) is 21.3 Å². The van der Waals surface area contributed by atoms with Crippen molar-refractivity contribution in [1.82, 2.24) is 0 Å². The van der Waals surface area contributed by atoms with Crippen LogP contribution < -0.4 is 19.7 Å². The van der Waals surface area contributed by atoms with Gasteiger partial charge in [0.1, 0.15) is 22.7 Å². The maximum atomic E-state index is 13.6. The van der Waals surface area contributed by atoms with Gasteiger partial charge in [0.2, 0.25) is 5.91 Å². The highest BCUT2D eigenvalue weighted by Gasteiger charge is 2.37. The summed E-state index contributed by atoms with van der Waals surface area (Å²) in [4.78, 5) is 27.2. The summed E-state index contributed by atoms with van der Waals surface area (Å²) < 4.78 is 24.3. The van der Waals surface area contributed by atoms with Crippen molar-refractivity contribution < 1.29 is 23.5 Å². The fraction of sp³-hybridized carbons (Fsp3) is 0.167. The highest BCUT2D eigenvalue weighted by Crippen LogP contribution is 2.47. The Balaban J connectivity index is 1.69. The molecule has 0 unspecified atom stereocenters. The molecular formula is C24H21FN2O4S. The van der Waals surface area contributed by atoms with E-state index in [1.54, 1.807) is 48.4 Å². The fourth-order valence-corrected chi connectivity index (χ4v) is 4.75. The number of para-hydroxylation sites is 1. The number of rotatable bonds is 6. The molecule has 0 saturated carbocycles. The van der Waals surface area contributed by atoms with E-state index in [1.165, 1.54) is 37.1 Å². The number of thioether (sulfide) groups is 1. The summed E-state index contributed by atoms with van der Waals surface area (Å²) in [6.45, 7) is 0. The van der Waals surface area contributed by atoms with Crippen molar-refractivity contribution >= 4 is 35.0 Å². The summed E-state index contributed by atoms with van der Waals surface area (Å²) in [5, 5.41) is 2.48. The number of amides is 2. The van der Waals surface area contributed by atoms with E-state index < -0.39 is 11.7 Å². The zero-order valence-electron chi connectivity index (χ0n) is 17.5. The monoisotopic (exact) mass is 452 g/mol. The number of hydrogen-bond acceptors (Lipinski definition) is 5. The predicted molar refractivity (Wildman–Crippen MR) is 123 cm³/mol. The number of anilines is 2. The minimum absolute atomic E-state index is 0.0743. The van der Waals surface area contributed by atoms with E-state index >= 15 is 0 Å². The molecule has 1 saturated heterocycles. The lowest BCUT2D eigenvalue weighted by Crippen LogP contribution is -2.29. The second-order valence-corrected chi connectivity index (χ2v) is 8.09. The lowest BCUT2D eigenvalue weighted by atomic mass is 10.1. The second kappa shape index (κ2) is 9.32. The van der Waals surface area contributed by atoms with Gasteiger partial charge in [-0.2, -0.15) is 0 Å². The molecule has 0 aromatic heterocycles. The molecule has 0 bridgehead atoms. The molecule has 1 heterocycles.